The second kappa shape index (κ2) is 6.64. The number of nitrogens with two attached hydrogens (primary N) is 1. The van der Waals surface area contributed by atoms with E-state index in [2.05, 4.69) is 26.1 Å². The summed E-state index contributed by atoms with van der Waals surface area (Å²) in [5.74, 6) is 1.55. The maximum Gasteiger partial charge on any atom is 0.220 e. The van der Waals surface area contributed by atoms with Gasteiger partial charge in [0, 0.05) is 29.5 Å². The van der Waals surface area contributed by atoms with Crippen LogP contribution in [0.15, 0.2) is 0 Å². The lowest BCUT2D eigenvalue weighted by Crippen LogP contribution is -2.32. The average molecular weight is 258 g/mol. The molecule has 0 aromatic carbocycles. The predicted molar refractivity (Wildman–Crippen MR) is 75.2 cm³/mol. The molecule has 1 aliphatic carbocycles. The zero-order valence-electron chi connectivity index (χ0n) is 11.3. The lowest BCUT2D eigenvalue weighted by molar-refractivity contribution is -0.121. The first-order valence-corrected chi connectivity index (χ1v) is 7.53. The normalized spacial score (nSPS) is 24.9. The van der Waals surface area contributed by atoms with Crippen LogP contribution in [0.25, 0.3) is 0 Å². The molecule has 1 amide bonds. The lowest BCUT2D eigenvalue weighted by atomic mass is 10.00. The van der Waals surface area contributed by atoms with Crippen molar-refractivity contribution in [2.75, 3.05) is 12.3 Å². The Morgan fingerprint density at radius 1 is 1.41 bits per heavy atom. The molecule has 1 fully saturated rings. The van der Waals surface area contributed by atoms with Crippen LogP contribution in [-0.2, 0) is 4.79 Å². The highest BCUT2D eigenvalue weighted by atomic mass is 32.2. The first-order chi connectivity index (χ1) is 7.88. The summed E-state index contributed by atoms with van der Waals surface area (Å²) in [7, 11) is 0. The van der Waals surface area contributed by atoms with Crippen LogP contribution < -0.4 is 11.1 Å². The first-order valence-electron chi connectivity index (χ1n) is 6.55. The number of nitrogens with one attached hydrogen (secondary N) is 1. The molecule has 0 spiro atoms. The number of carbonyl (C=O) groups excluding carboxylic acids is 1. The maximum absolute atomic E-state index is 11.7. The maximum atomic E-state index is 11.7. The van der Waals surface area contributed by atoms with Crippen molar-refractivity contribution in [3.8, 4) is 0 Å². The fraction of sp³-hybridized carbons (Fsp3) is 0.923. The van der Waals surface area contributed by atoms with E-state index in [-0.39, 0.29) is 16.7 Å². The van der Waals surface area contributed by atoms with Gasteiger partial charge in [0.25, 0.3) is 0 Å². The molecule has 3 nitrogen and oxygen atoms in total. The van der Waals surface area contributed by atoms with E-state index >= 15 is 0 Å². The SMILES string of the molecule is CC(C)(C)SCCNC(=O)C[C@@H]1CCC[C@H]1N. The van der Waals surface area contributed by atoms with Crippen molar-refractivity contribution < 1.29 is 4.79 Å². The third-order valence-corrected chi connectivity index (χ3v) is 4.40. The molecular formula is C13H26N2OS. The van der Waals surface area contributed by atoms with Crippen LogP contribution in [0.4, 0.5) is 0 Å². The van der Waals surface area contributed by atoms with Crippen molar-refractivity contribution in [1.29, 1.82) is 0 Å². The summed E-state index contributed by atoms with van der Waals surface area (Å²) in [6, 6.07) is 0.240. The van der Waals surface area contributed by atoms with Crippen LogP contribution in [0.5, 0.6) is 0 Å². The number of carbonyl (C=O) groups is 1. The van der Waals surface area contributed by atoms with Gasteiger partial charge in [0.1, 0.15) is 0 Å². The topological polar surface area (TPSA) is 55.1 Å². The van der Waals surface area contributed by atoms with Gasteiger partial charge in [0.05, 0.1) is 0 Å². The van der Waals surface area contributed by atoms with E-state index in [1.165, 1.54) is 6.42 Å². The van der Waals surface area contributed by atoms with Gasteiger partial charge in [-0.2, -0.15) is 11.8 Å². The molecule has 0 heterocycles. The third-order valence-electron chi connectivity index (χ3n) is 3.12. The minimum Gasteiger partial charge on any atom is -0.355 e. The summed E-state index contributed by atoms with van der Waals surface area (Å²) in [6.45, 7) is 7.34. The first kappa shape index (κ1) is 14.8. The summed E-state index contributed by atoms with van der Waals surface area (Å²) in [5, 5.41) is 2.99. The molecule has 1 aliphatic rings. The molecule has 0 bridgehead atoms. The van der Waals surface area contributed by atoms with E-state index in [4.69, 9.17) is 5.73 Å². The highest BCUT2D eigenvalue weighted by Gasteiger charge is 2.25. The van der Waals surface area contributed by atoms with E-state index in [0.29, 0.717) is 12.3 Å². The predicted octanol–water partition coefficient (Wildman–Crippen LogP) is 2.15. The Labute approximate surface area is 109 Å². The van der Waals surface area contributed by atoms with E-state index in [1.54, 1.807) is 0 Å². The van der Waals surface area contributed by atoms with Crippen molar-refractivity contribution in [3.63, 3.8) is 0 Å². The molecular weight excluding hydrogens is 232 g/mol. The molecule has 100 valence electrons. The van der Waals surface area contributed by atoms with E-state index in [0.717, 1.165) is 25.1 Å². The van der Waals surface area contributed by atoms with Crippen LogP contribution in [0.2, 0.25) is 0 Å². The van der Waals surface area contributed by atoms with E-state index < -0.39 is 0 Å². The highest BCUT2D eigenvalue weighted by molar-refractivity contribution is 8.00. The molecule has 1 rings (SSSR count). The van der Waals surface area contributed by atoms with Gasteiger partial charge in [-0.3, -0.25) is 4.79 Å². The van der Waals surface area contributed by atoms with Gasteiger partial charge in [0.2, 0.25) is 5.91 Å². The molecule has 0 unspecified atom stereocenters. The van der Waals surface area contributed by atoms with Crippen LogP contribution >= 0.6 is 11.8 Å². The summed E-state index contributed by atoms with van der Waals surface area (Å²) in [6.07, 6.45) is 3.99. The monoisotopic (exact) mass is 258 g/mol. The van der Waals surface area contributed by atoms with Gasteiger partial charge in [-0.05, 0) is 18.8 Å². The Morgan fingerprint density at radius 3 is 2.65 bits per heavy atom. The third kappa shape index (κ3) is 6.32. The van der Waals surface area contributed by atoms with Crippen LogP contribution in [0.3, 0.4) is 0 Å². The number of hydrogen-bond acceptors (Lipinski definition) is 3. The molecule has 3 N–H and O–H groups in total. The second-order valence-corrected chi connectivity index (χ2v) is 7.79. The Kier molecular flexibility index (Phi) is 5.80. The van der Waals surface area contributed by atoms with Gasteiger partial charge >= 0.3 is 0 Å². The minimum atomic E-state index is 0.168. The van der Waals surface area contributed by atoms with Crippen LogP contribution in [0.1, 0.15) is 46.5 Å². The van der Waals surface area contributed by atoms with Gasteiger partial charge < -0.3 is 11.1 Å². The zero-order valence-corrected chi connectivity index (χ0v) is 12.1. The average Bonchev–Trinajstić information content (AvgIpc) is 2.58. The fourth-order valence-electron chi connectivity index (χ4n) is 2.18. The molecule has 1 saturated carbocycles. The molecule has 17 heavy (non-hydrogen) atoms. The Bertz CT molecular complexity index is 250. The standard InChI is InChI=1S/C13H26N2OS/c1-13(2,3)17-8-7-15-12(16)9-10-5-4-6-11(10)14/h10-11H,4-9,14H2,1-3H3,(H,15,16)/t10-,11+/m0/s1. The Hall–Kier alpha value is -0.220. The zero-order chi connectivity index (χ0) is 12.9. The Balaban J connectivity index is 2.09. The number of amides is 1. The van der Waals surface area contributed by atoms with Gasteiger partial charge in [-0.15, -0.1) is 0 Å². The second-order valence-electron chi connectivity index (χ2n) is 5.87. The molecule has 0 radical (unpaired) electrons. The van der Waals surface area contributed by atoms with Crippen molar-refractivity contribution in [3.05, 3.63) is 0 Å². The smallest absolute Gasteiger partial charge is 0.220 e. The molecule has 0 aromatic rings. The number of rotatable bonds is 5. The van der Waals surface area contributed by atoms with Crippen molar-refractivity contribution in [1.82, 2.24) is 5.32 Å². The minimum absolute atomic E-state index is 0.168. The highest BCUT2D eigenvalue weighted by Crippen LogP contribution is 2.26. The van der Waals surface area contributed by atoms with Crippen molar-refractivity contribution in [2.24, 2.45) is 11.7 Å². The summed E-state index contributed by atoms with van der Waals surface area (Å²) in [4.78, 5) is 11.7. The Morgan fingerprint density at radius 2 is 2.12 bits per heavy atom. The molecule has 0 aromatic heterocycles. The van der Waals surface area contributed by atoms with E-state index in [1.807, 2.05) is 11.8 Å². The van der Waals surface area contributed by atoms with Crippen LogP contribution in [-0.4, -0.2) is 29.0 Å². The van der Waals surface area contributed by atoms with Crippen LogP contribution in [0, 0.1) is 5.92 Å². The number of thioether (sulfide) groups is 1. The van der Waals surface area contributed by atoms with Gasteiger partial charge in [0.15, 0.2) is 0 Å². The largest absolute Gasteiger partial charge is 0.355 e. The van der Waals surface area contributed by atoms with Crippen molar-refractivity contribution in [2.45, 2.75) is 57.2 Å². The quantitative estimate of drug-likeness (QED) is 0.743. The molecule has 0 aliphatic heterocycles. The fourth-order valence-corrected chi connectivity index (χ4v) is 2.99. The van der Waals surface area contributed by atoms with Gasteiger partial charge in [-0.1, -0.05) is 27.2 Å². The molecule has 0 saturated heterocycles. The van der Waals surface area contributed by atoms with E-state index in [9.17, 15) is 4.79 Å². The summed E-state index contributed by atoms with van der Waals surface area (Å²) in [5.41, 5.74) is 5.96. The van der Waals surface area contributed by atoms with Crippen molar-refractivity contribution >= 4 is 17.7 Å². The molecule has 2 atom stereocenters. The lowest BCUT2D eigenvalue weighted by Gasteiger charge is -2.18. The summed E-state index contributed by atoms with van der Waals surface area (Å²) < 4.78 is 0.276. The van der Waals surface area contributed by atoms with Gasteiger partial charge in [-0.25, -0.2) is 0 Å². The number of hydrogen-bond donors (Lipinski definition) is 2. The summed E-state index contributed by atoms with van der Waals surface area (Å²) >= 11 is 1.88. The molecule has 4 heteroatoms.